The van der Waals surface area contributed by atoms with Crippen LogP contribution in [0, 0.1) is 13.8 Å². The first-order valence-corrected chi connectivity index (χ1v) is 6.75. The average Bonchev–Trinajstić information content (AvgIpc) is 2.79. The molecule has 0 aliphatic heterocycles. The monoisotopic (exact) mass is 273 g/mol. The summed E-state index contributed by atoms with van der Waals surface area (Å²) in [6.07, 6.45) is 1.65. The Balaban J connectivity index is 1.88. The number of amides is 1. The smallest absolute Gasteiger partial charge is 0.279 e. The summed E-state index contributed by atoms with van der Waals surface area (Å²) in [6, 6.07) is 9.83. The minimum absolute atomic E-state index is 0.0130. The van der Waals surface area contributed by atoms with E-state index in [-0.39, 0.29) is 5.91 Å². The van der Waals surface area contributed by atoms with E-state index < -0.39 is 0 Å². The van der Waals surface area contributed by atoms with E-state index in [2.05, 4.69) is 11.4 Å². The summed E-state index contributed by atoms with van der Waals surface area (Å²) < 4.78 is 5.28. The Bertz CT molecular complexity index is 556. The molecule has 1 aromatic carbocycles. The van der Waals surface area contributed by atoms with Crippen LogP contribution in [0.15, 0.2) is 41.0 Å². The number of hydrogen-bond acceptors (Lipinski definition) is 2. The molecule has 1 atom stereocenters. The van der Waals surface area contributed by atoms with E-state index in [9.17, 15) is 4.79 Å². The highest BCUT2D eigenvalue weighted by molar-refractivity contribution is 5.91. The van der Waals surface area contributed by atoms with Gasteiger partial charge in [-0.1, -0.05) is 6.07 Å². The molecule has 106 valence electrons. The minimum Gasteiger partial charge on any atom is -0.463 e. The second-order valence-corrected chi connectivity index (χ2v) is 5.31. The molecule has 1 heterocycles. The van der Waals surface area contributed by atoms with E-state index in [1.807, 2.05) is 45.2 Å². The third-order valence-corrected chi connectivity index (χ3v) is 3.02. The normalized spacial score (nSPS) is 12.2. The third kappa shape index (κ3) is 4.24. The lowest BCUT2D eigenvalue weighted by atomic mass is 10.1. The number of aryl methyl sites for hydroxylation is 2. The molecule has 1 unspecified atom stereocenters. The fourth-order valence-corrected chi connectivity index (χ4v) is 2.30. The van der Waals surface area contributed by atoms with Crippen LogP contribution in [0.25, 0.3) is 0 Å². The lowest BCUT2D eigenvalue weighted by Crippen LogP contribution is -3.08. The summed E-state index contributed by atoms with van der Waals surface area (Å²) >= 11 is 0. The number of likely N-dealkylation sites (N-methyl/N-ethyl adjacent to an activating group) is 1. The maximum Gasteiger partial charge on any atom is 0.279 e. The van der Waals surface area contributed by atoms with E-state index in [4.69, 9.17) is 4.42 Å². The van der Waals surface area contributed by atoms with E-state index >= 15 is 0 Å². The van der Waals surface area contributed by atoms with Crippen LogP contribution in [-0.2, 0) is 11.3 Å². The topological polar surface area (TPSA) is 46.7 Å². The predicted molar refractivity (Wildman–Crippen MR) is 78.7 cm³/mol. The van der Waals surface area contributed by atoms with Crippen molar-refractivity contribution in [2.45, 2.75) is 20.4 Å². The second-order valence-electron chi connectivity index (χ2n) is 5.31. The first-order chi connectivity index (χ1) is 9.52. The van der Waals surface area contributed by atoms with Gasteiger partial charge in [0.2, 0.25) is 0 Å². The van der Waals surface area contributed by atoms with Crippen molar-refractivity contribution in [3.05, 3.63) is 53.5 Å². The average molecular weight is 273 g/mol. The maximum absolute atomic E-state index is 12.0. The quantitative estimate of drug-likeness (QED) is 0.868. The molecule has 0 saturated carbocycles. The molecule has 1 aromatic heterocycles. The Kier molecular flexibility index (Phi) is 4.58. The zero-order chi connectivity index (χ0) is 14.5. The fourth-order valence-electron chi connectivity index (χ4n) is 2.30. The molecular weight excluding hydrogens is 252 g/mol. The summed E-state index contributed by atoms with van der Waals surface area (Å²) in [5, 5.41) is 2.94. The minimum atomic E-state index is 0.0130. The van der Waals surface area contributed by atoms with Gasteiger partial charge in [0, 0.05) is 5.69 Å². The van der Waals surface area contributed by atoms with Crippen molar-refractivity contribution in [3.8, 4) is 0 Å². The Hall–Kier alpha value is -2.07. The van der Waals surface area contributed by atoms with Gasteiger partial charge in [0.15, 0.2) is 12.3 Å². The highest BCUT2D eigenvalue weighted by Crippen LogP contribution is 2.13. The zero-order valence-electron chi connectivity index (χ0n) is 12.2. The molecule has 0 aliphatic carbocycles. The van der Waals surface area contributed by atoms with E-state index in [0.29, 0.717) is 13.1 Å². The first kappa shape index (κ1) is 14.3. The van der Waals surface area contributed by atoms with Crippen LogP contribution < -0.4 is 10.2 Å². The number of furan rings is 1. The van der Waals surface area contributed by atoms with E-state index in [0.717, 1.165) is 27.5 Å². The van der Waals surface area contributed by atoms with Gasteiger partial charge in [0.1, 0.15) is 6.54 Å². The Morgan fingerprint density at radius 2 is 1.95 bits per heavy atom. The molecule has 0 saturated heterocycles. The summed E-state index contributed by atoms with van der Waals surface area (Å²) in [4.78, 5) is 13.1. The molecule has 2 rings (SSSR count). The predicted octanol–water partition coefficient (Wildman–Crippen LogP) is 1.55. The van der Waals surface area contributed by atoms with Crippen LogP contribution in [-0.4, -0.2) is 19.5 Å². The number of anilines is 1. The number of hydrogen-bond donors (Lipinski definition) is 2. The van der Waals surface area contributed by atoms with E-state index in [1.165, 1.54) is 0 Å². The highest BCUT2D eigenvalue weighted by atomic mass is 16.3. The molecular formula is C16H21N2O2+. The van der Waals surface area contributed by atoms with Crippen LogP contribution in [0.3, 0.4) is 0 Å². The van der Waals surface area contributed by atoms with E-state index in [1.54, 1.807) is 6.26 Å². The fraction of sp³-hybridized carbons (Fsp3) is 0.312. The zero-order valence-corrected chi connectivity index (χ0v) is 12.2. The van der Waals surface area contributed by atoms with Crippen LogP contribution in [0.5, 0.6) is 0 Å². The summed E-state index contributed by atoms with van der Waals surface area (Å²) in [5.41, 5.74) is 3.16. The summed E-state index contributed by atoms with van der Waals surface area (Å²) in [6.45, 7) is 5.16. The standard InChI is InChI=1S/C16H20N2O2/c1-12-7-13(2)9-14(8-12)17-16(19)11-18(3)10-15-5-4-6-20-15/h4-9H,10-11H2,1-3H3,(H,17,19)/p+1. The Labute approximate surface area is 119 Å². The molecule has 4 nitrogen and oxygen atoms in total. The van der Waals surface area contributed by atoms with Crippen LogP contribution in [0.2, 0.25) is 0 Å². The molecule has 20 heavy (non-hydrogen) atoms. The van der Waals surface area contributed by atoms with Gasteiger partial charge in [-0.3, -0.25) is 4.79 Å². The summed E-state index contributed by atoms with van der Waals surface area (Å²) in [5.74, 6) is 0.903. The number of benzene rings is 1. The molecule has 2 N–H and O–H groups in total. The first-order valence-electron chi connectivity index (χ1n) is 6.75. The number of nitrogens with one attached hydrogen (secondary N) is 2. The number of carbonyl (C=O) groups excluding carboxylic acids is 1. The Morgan fingerprint density at radius 3 is 2.55 bits per heavy atom. The van der Waals surface area contributed by atoms with Gasteiger partial charge in [-0.25, -0.2) is 0 Å². The number of carbonyl (C=O) groups is 1. The Morgan fingerprint density at radius 1 is 1.25 bits per heavy atom. The van der Waals surface area contributed by atoms with Crippen molar-refractivity contribution in [2.24, 2.45) is 0 Å². The largest absolute Gasteiger partial charge is 0.463 e. The van der Waals surface area contributed by atoms with Crippen molar-refractivity contribution in [2.75, 3.05) is 18.9 Å². The van der Waals surface area contributed by atoms with Gasteiger partial charge in [-0.2, -0.15) is 0 Å². The van der Waals surface area contributed by atoms with Crippen molar-refractivity contribution >= 4 is 11.6 Å². The van der Waals surface area contributed by atoms with Crippen LogP contribution >= 0.6 is 0 Å². The molecule has 0 spiro atoms. The van der Waals surface area contributed by atoms with Gasteiger partial charge in [0.25, 0.3) is 5.91 Å². The van der Waals surface area contributed by atoms with Gasteiger partial charge in [-0.05, 0) is 49.2 Å². The van der Waals surface area contributed by atoms with Crippen LogP contribution in [0.4, 0.5) is 5.69 Å². The summed E-state index contributed by atoms with van der Waals surface area (Å²) in [7, 11) is 1.98. The molecule has 2 aromatic rings. The van der Waals surface area contributed by atoms with Crippen molar-refractivity contribution < 1.29 is 14.1 Å². The molecule has 1 amide bonds. The van der Waals surface area contributed by atoms with Crippen molar-refractivity contribution in [3.63, 3.8) is 0 Å². The lowest BCUT2D eigenvalue weighted by molar-refractivity contribution is -0.886. The van der Waals surface area contributed by atoms with Gasteiger partial charge in [-0.15, -0.1) is 0 Å². The second kappa shape index (κ2) is 6.39. The van der Waals surface area contributed by atoms with Gasteiger partial charge < -0.3 is 14.6 Å². The number of quaternary nitrogens is 1. The molecule has 4 heteroatoms. The molecule has 0 fully saturated rings. The third-order valence-electron chi connectivity index (χ3n) is 3.02. The molecule has 0 aliphatic rings. The van der Waals surface area contributed by atoms with Crippen molar-refractivity contribution in [1.82, 2.24) is 0 Å². The van der Waals surface area contributed by atoms with Crippen molar-refractivity contribution in [1.29, 1.82) is 0 Å². The molecule has 0 bridgehead atoms. The van der Waals surface area contributed by atoms with Gasteiger partial charge >= 0.3 is 0 Å². The molecule has 0 radical (unpaired) electrons. The lowest BCUT2D eigenvalue weighted by Gasteiger charge is -2.13. The number of rotatable bonds is 5. The highest BCUT2D eigenvalue weighted by Gasteiger charge is 2.12. The van der Waals surface area contributed by atoms with Gasteiger partial charge in [0.05, 0.1) is 13.3 Å². The maximum atomic E-state index is 12.0. The SMILES string of the molecule is Cc1cc(C)cc(NC(=O)C[NH+](C)Cc2ccco2)c1. The van der Waals surface area contributed by atoms with Crippen LogP contribution in [0.1, 0.15) is 16.9 Å².